The molecule has 0 saturated heterocycles. The molecule has 0 aliphatic carbocycles. The second kappa shape index (κ2) is 18.8. The SMILES string of the molecule is C[C@H](NC(=O)[C@H](CC(N)=O)NC(=O)c1ccccc1N)C(=O)N[C@@H](CS)C(=O)N[C@@H](CS)C(=O)N[C@@H](Cc1ccc(O)c([N+](=O)[O-])c1)C(N)=O. The van der Waals surface area contributed by atoms with Crippen LogP contribution in [0.1, 0.15) is 29.3 Å². The van der Waals surface area contributed by atoms with Crippen molar-refractivity contribution in [2.45, 2.75) is 50.0 Å². The molecule has 0 aliphatic heterocycles. The molecule has 50 heavy (non-hydrogen) atoms. The lowest BCUT2D eigenvalue weighted by atomic mass is 10.0. The van der Waals surface area contributed by atoms with E-state index < -0.39 is 94.3 Å². The van der Waals surface area contributed by atoms with Gasteiger partial charge >= 0.3 is 5.69 Å². The van der Waals surface area contributed by atoms with Gasteiger partial charge in [-0.3, -0.25) is 43.7 Å². The summed E-state index contributed by atoms with van der Waals surface area (Å²) in [5.74, 6) is -7.50. The third kappa shape index (κ3) is 11.8. The van der Waals surface area contributed by atoms with Gasteiger partial charge in [0.25, 0.3) is 5.91 Å². The van der Waals surface area contributed by atoms with Gasteiger partial charge in [0, 0.05) is 29.7 Å². The topological polar surface area (TPSA) is 321 Å². The number of nitrogens with zero attached hydrogens (tertiary/aromatic N) is 1. The number of nitro groups is 1. The molecule has 19 nitrogen and oxygen atoms in total. The zero-order valence-corrected chi connectivity index (χ0v) is 28.2. The van der Waals surface area contributed by atoms with E-state index in [0.29, 0.717) is 0 Å². The fraction of sp³-hybridized carbons (Fsp3) is 0.345. The predicted octanol–water partition coefficient (Wildman–Crippen LogP) is -2.60. The molecular formula is C29H37N9O10S2. The highest BCUT2D eigenvalue weighted by atomic mass is 32.1. The molecule has 21 heteroatoms. The highest BCUT2D eigenvalue weighted by Crippen LogP contribution is 2.26. The van der Waals surface area contributed by atoms with Gasteiger partial charge < -0.3 is 48.9 Å². The van der Waals surface area contributed by atoms with E-state index in [9.17, 15) is 48.8 Å². The number of para-hydroxylation sites is 1. The molecule has 0 fully saturated rings. The molecule has 0 spiro atoms. The summed E-state index contributed by atoms with van der Waals surface area (Å²) in [7, 11) is 0. The summed E-state index contributed by atoms with van der Waals surface area (Å²) in [6.07, 6.45) is -0.905. The van der Waals surface area contributed by atoms with E-state index in [-0.39, 0.29) is 34.7 Å². The summed E-state index contributed by atoms with van der Waals surface area (Å²) in [5.41, 5.74) is 16.1. The minimum absolute atomic E-state index is 0.0326. The number of nitrogens with two attached hydrogens (primary N) is 3. The largest absolute Gasteiger partial charge is 0.502 e. The van der Waals surface area contributed by atoms with Crippen LogP contribution in [0, 0.1) is 10.1 Å². The van der Waals surface area contributed by atoms with Crippen LogP contribution in [0.3, 0.4) is 0 Å². The Balaban J connectivity index is 2.05. The zero-order valence-electron chi connectivity index (χ0n) is 26.5. The predicted molar refractivity (Wildman–Crippen MR) is 185 cm³/mol. The number of carbonyl (C=O) groups excluding carboxylic acids is 7. The number of thiol groups is 2. The Hall–Kier alpha value is -5.57. The van der Waals surface area contributed by atoms with Crippen LogP contribution in [0.4, 0.5) is 11.4 Å². The third-order valence-corrected chi connectivity index (χ3v) is 7.68. The summed E-state index contributed by atoms with van der Waals surface area (Å²) in [5, 5.41) is 32.5. The molecule has 0 radical (unpaired) electrons. The van der Waals surface area contributed by atoms with Gasteiger partial charge in [-0.15, -0.1) is 0 Å². The van der Waals surface area contributed by atoms with Gasteiger partial charge in [0.05, 0.1) is 16.9 Å². The quantitative estimate of drug-likeness (QED) is 0.0326. The molecule has 0 aliphatic rings. The Morgan fingerprint density at radius 3 is 1.86 bits per heavy atom. The van der Waals surface area contributed by atoms with Crippen molar-refractivity contribution in [3.63, 3.8) is 0 Å². The molecule has 0 unspecified atom stereocenters. The van der Waals surface area contributed by atoms with E-state index in [0.717, 1.165) is 12.1 Å². The Kier molecular flexibility index (Phi) is 15.3. The van der Waals surface area contributed by atoms with Crippen LogP contribution in [-0.2, 0) is 35.2 Å². The normalized spacial score (nSPS) is 13.7. The van der Waals surface area contributed by atoms with Crippen molar-refractivity contribution in [3.8, 4) is 5.75 Å². The minimum Gasteiger partial charge on any atom is -0.502 e. The average molecular weight is 736 g/mol. The number of amides is 7. The van der Waals surface area contributed by atoms with Gasteiger partial charge in [0.2, 0.25) is 35.4 Å². The number of anilines is 1. The summed E-state index contributed by atoms with van der Waals surface area (Å²) in [6.45, 7) is 1.26. The molecule has 2 rings (SSSR count). The first-order chi connectivity index (χ1) is 23.5. The first-order valence-corrected chi connectivity index (χ1v) is 15.9. The molecule has 2 aromatic rings. The van der Waals surface area contributed by atoms with Gasteiger partial charge in [-0.05, 0) is 30.7 Å². The van der Waals surface area contributed by atoms with E-state index in [4.69, 9.17) is 17.2 Å². The molecular weight excluding hydrogens is 699 g/mol. The van der Waals surface area contributed by atoms with Crippen molar-refractivity contribution < 1.29 is 43.6 Å². The average Bonchev–Trinajstić information content (AvgIpc) is 3.05. The molecule has 5 atom stereocenters. The van der Waals surface area contributed by atoms with E-state index in [2.05, 4.69) is 51.8 Å². The standard InChI is InChI=1S/C29H37N9O10S2/c1-13(33-27(44)18(10-23(31)40)35-26(43)15-4-2-3-5-16(15)30)25(42)36-19(11-49)29(46)37-20(12-50)28(45)34-17(24(32)41)8-14-6-7-22(39)21(9-14)38(47)48/h2-7,9,13,17-20,39,49-50H,8,10-12,30H2,1H3,(H2,31,40)(H2,32,41)(H,33,44)(H,34,45)(H,35,43)(H,36,42)(H,37,46)/t13-,17-,18-,19-,20-/m0/s1. The molecule has 7 amide bonds. The summed E-state index contributed by atoms with van der Waals surface area (Å²) >= 11 is 8.14. The number of nitrogen functional groups attached to an aromatic ring is 1. The molecule has 0 bridgehead atoms. The molecule has 270 valence electrons. The van der Waals surface area contributed by atoms with Crippen molar-refractivity contribution in [3.05, 3.63) is 63.7 Å². The lowest BCUT2D eigenvalue weighted by molar-refractivity contribution is -0.385. The Morgan fingerprint density at radius 2 is 1.34 bits per heavy atom. The van der Waals surface area contributed by atoms with Crippen LogP contribution in [0.2, 0.25) is 0 Å². The molecule has 0 saturated carbocycles. The number of primary amides is 2. The van der Waals surface area contributed by atoms with Gasteiger partial charge in [-0.1, -0.05) is 18.2 Å². The molecule has 12 N–H and O–H groups in total. The number of hydrogen-bond acceptors (Lipinski definition) is 13. The molecule has 0 aromatic heterocycles. The van der Waals surface area contributed by atoms with Crippen LogP contribution in [0.5, 0.6) is 5.75 Å². The maximum Gasteiger partial charge on any atom is 0.310 e. The van der Waals surface area contributed by atoms with Crippen LogP contribution < -0.4 is 43.8 Å². The summed E-state index contributed by atoms with van der Waals surface area (Å²) in [6, 6.07) is 2.41. The number of phenolic OH excluding ortho intramolecular Hbond substituents is 1. The van der Waals surface area contributed by atoms with Crippen LogP contribution >= 0.6 is 25.3 Å². The highest BCUT2D eigenvalue weighted by molar-refractivity contribution is 7.80. The van der Waals surface area contributed by atoms with Crippen molar-refractivity contribution in [2.24, 2.45) is 11.5 Å². The van der Waals surface area contributed by atoms with Gasteiger partial charge in [0.1, 0.15) is 30.2 Å². The van der Waals surface area contributed by atoms with Gasteiger partial charge in [0.15, 0.2) is 5.75 Å². The maximum atomic E-state index is 13.0. The van der Waals surface area contributed by atoms with Crippen molar-refractivity contribution in [2.75, 3.05) is 17.2 Å². The third-order valence-electron chi connectivity index (χ3n) is 6.95. The minimum atomic E-state index is -1.48. The second-order valence-electron chi connectivity index (χ2n) is 10.7. The first-order valence-electron chi connectivity index (χ1n) is 14.6. The number of hydrogen-bond donors (Lipinski definition) is 11. The smallest absolute Gasteiger partial charge is 0.310 e. The van der Waals surface area contributed by atoms with Crippen LogP contribution in [0.15, 0.2) is 42.5 Å². The number of phenols is 1. The van der Waals surface area contributed by atoms with E-state index in [1.54, 1.807) is 6.07 Å². The van der Waals surface area contributed by atoms with Crippen LogP contribution in [-0.4, -0.2) is 93.1 Å². The summed E-state index contributed by atoms with van der Waals surface area (Å²) in [4.78, 5) is 98.5. The number of aromatic hydroxyl groups is 1. The number of carbonyl (C=O) groups is 7. The number of nitrogens with one attached hydrogen (secondary N) is 5. The molecule has 0 heterocycles. The first kappa shape index (κ1) is 40.6. The zero-order chi connectivity index (χ0) is 37.7. The highest BCUT2D eigenvalue weighted by Gasteiger charge is 2.31. The fourth-order valence-corrected chi connectivity index (χ4v) is 4.77. The molecule has 2 aromatic carbocycles. The fourth-order valence-electron chi connectivity index (χ4n) is 4.26. The number of nitro benzene ring substituents is 1. The van der Waals surface area contributed by atoms with Crippen molar-refractivity contribution in [1.82, 2.24) is 26.6 Å². The lowest BCUT2D eigenvalue weighted by Gasteiger charge is -2.25. The Morgan fingerprint density at radius 1 is 0.800 bits per heavy atom. The summed E-state index contributed by atoms with van der Waals surface area (Å²) < 4.78 is 0. The van der Waals surface area contributed by atoms with Crippen molar-refractivity contribution in [1.29, 1.82) is 0 Å². The lowest BCUT2D eigenvalue weighted by Crippen LogP contribution is -2.59. The van der Waals surface area contributed by atoms with Crippen LogP contribution in [0.25, 0.3) is 0 Å². The number of benzene rings is 2. The van der Waals surface area contributed by atoms with Crippen molar-refractivity contribution >= 4 is 78.0 Å². The Labute approximate surface area is 295 Å². The van der Waals surface area contributed by atoms with E-state index in [1.165, 1.54) is 31.2 Å². The van der Waals surface area contributed by atoms with Gasteiger partial charge in [-0.2, -0.15) is 25.3 Å². The second-order valence-corrected chi connectivity index (χ2v) is 11.5. The van der Waals surface area contributed by atoms with E-state index >= 15 is 0 Å². The monoisotopic (exact) mass is 735 g/mol. The van der Waals surface area contributed by atoms with E-state index in [1.807, 2.05) is 0 Å². The number of rotatable bonds is 18. The maximum absolute atomic E-state index is 13.0. The van der Waals surface area contributed by atoms with Gasteiger partial charge in [-0.25, -0.2) is 0 Å². The Bertz CT molecular complexity index is 1640.